The van der Waals surface area contributed by atoms with E-state index in [1.54, 1.807) is 7.11 Å². The molecule has 170 valence electrons. The van der Waals surface area contributed by atoms with Crippen molar-refractivity contribution in [3.63, 3.8) is 0 Å². The van der Waals surface area contributed by atoms with Crippen molar-refractivity contribution < 1.29 is 17.9 Å². The van der Waals surface area contributed by atoms with Gasteiger partial charge in [-0.1, -0.05) is 56.3 Å². The molecule has 4 N–H and O–H groups in total. The van der Waals surface area contributed by atoms with Crippen molar-refractivity contribution in [1.29, 1.82) is 0 Å². The first-order chi connectivity index (χ1) is 15.1. The van der Waals surface area contributed by atoms with E-state index >= 15 is 0 Å². The van der Waals surface area contributed by atoms with Crippen LogP contribution in [0.2, 0.25) is 0 Å². The standard InChI is InChI=1S/C26H29F3N2O/c1-16(2)18-9-12-24(32-3)22(14-18)21-11-10-20(26(27,28)29)13-19(21)15-23(30)25(31)17-7-5-4-6-8-17/h4-14,16,23,25H,15,30-31H2,1-3H3. The lowest BCUT2D eigenvalue weighted by Gasteiger charge is -2.23. The smallest absolute Gasteiger partial charge is 0.416 e. The zero-order valence-corrected chi connectivity index (χ0v) is 18.5. The second-order valence-electron chi connectivity index (χ2n) is 8.29. The van der Waals surface area contributed by atoms with Crippen molar-refractivity contribution in [2.24, 2.45) is 11.5 Å². The molecule has 0 bridgehead atoms. The summed E-state index contributed by atoms with van der Waals surface area (Å²) in [7, 11) is 1.55. The topological polar surface area (TPSA) is 61.3 Å². The first kappa shape index (κ1) is 23.8. The van der Waals surface area contributed by atoms with Crippen LogP contribution in [0.3, 0.4) is 0 Å². The van der Waals surface area contributed by atoms with Crippen LogP contribution in [0.4, 0.5) is 13.2 Å². The molecule has 3 aromatic rings. The predicted octanol–water partition coefficient (Wildman–Crippen LogP) is 6.07. The first-order valence-electron chi connectivity index (χ1n) is 10.6. The molecule has 32 heavy (non-hydrogen) atoms. The second-order valence-corrected chi connectivity index (χ2v) is 8.29. The Hall–Kier alpha value is -2.83. The lowest BCUT2D eigenvalue weighted by atomic mass is 9.88. The molecule has 3 nitrogen and oxygen atoms in total. The van der Waals surface area contributed by atoms with E-state index in [1.165, 1.54) is 12.1 Å². The first-order valence-corrected chi connectivity index (χ1v) is 10.6. The molecule has 3 aromatic carbocycles. The fourth-order valence-electron chi connectivity index (χ4n) is 3.80. The Kier molecular flexibility index (Phi) is 7.26. The third kappa shape index (κ3) is 5.31. The average Bonchev–Trinajstić information content (AvgIpc) is 2.78. The minimum absolute atomic E-state index is 0.185. The summed E-state index contributed by atoms with van der Waals surface area (Å²) in [5.41, 5.74) is 15.8. The largest absolute Gasteiger partial charge is 0.496 e. The van der Waals surface area contributed by atoms with E-state index in [9.17, 15) is 13.2 Å². The molecule has 0 aromatic heterocycles. The minimum Gasteiger partial charge on any atom is -0.496 e. The minimum atomic E-state index is -4.46. The molecule has 0 amide bonds. The molecule has 0 saturated carbocycles. The zero-order chi connectivity index (χ0) is 23.5. The highest BCUT2D eigenvalue weighted by Gasteiger charge is 2.32. The maximum absolute atomic E-state index is 13.5. The number of rotatable bonds is 7. The van der Waals surface area contributed by atoms with Gasteiger partial charge in [0.25, 0.3) is 0 Å². The van der Waals surface area contributed by atoms with Crippen LogP contribution in [0.25, 0.3) is 11.1 Å². The second kappa shape index (κ2) is 9.76. The monoisotopic (exact) mass is 442 g/mol. The van der Waals surface area contributed by atoms with Crippen LogP contribution < -0.4 is 16.2 Å². The number of halogens is 3. The highest BCUT2D eigenvalue weighted by molar-refractivity contribution is 5.75. The number of hydrogen-bond acceptors (Lipinski definition) is 3. The third-order valence-electron chi connectivity index (χ3n) is 5.71. The summed E-state index contributed by atoms with van der Waals surface area (Å²) in [6.45, 7) is 4.13. The Labute approximate surface area is 187 Å². The van der Waals surface area contributed by atoms with Gasteiger partial charge in [0.15, 0.2) is 0 Å². The van der Waals surface area contributed by atoms with Gasteiger partial charge in [-0.05, 0) is 58.9 Å². The van der Waals surface area contributed by atoms with Gasteiger partial charge in [0.1, 0.15) is 5.75 Å². The number of benzene rings is 3. The Morgan fingerprint density at radius 2 is 1.53 bits per heavy atom. The van der Waals surface area contributed by atoms with E-state index in [4.69, 9.17) is 16.2 Å². The molecule has 0 saturated heterocycles. The van der Waals surface area contributed by atoms with Crippen molar-refractivity contribution in [2.45, 2.75) is 44.4 Å². The SMILES string of the molecule is COc1ccc(C(C)C)cc1-c1ccc(C(F)(F)F)cc1CC(N)C(N)c1ccccc1. The highest BCUT2D eigenvalue weighted by atomic mass is 19.4. The molecule has 2 unspecified atom stereocenters. The average molecular weight is 443 g/mol. The maximum atomic E-state index is 13.5. The normalized spacial score (nSPS) is 13.8. The molecule has 3 rings (SSSR count). The Bertz CT molecular complexity index is 1050. The summed E-state index contributed by atoms with van der Waals surface area (Å²) in [6, 6.07) is 17.8. The lowest BCUT2D eigenvalue weighted by molar-refractivity contribution is -0.137. The van der Waals surface area contributed by atoms with Crippen LogP contribution in [-0.2, 0) is 12.6 Å². The molecular weight excluding hydrogens is 413 g/mol. The summed E-state index contributed by atoms with van der Waals surface area (Å²) < 4.78 is 46.0. The van der Waals surface area contributed by atoms with Gasteiger partial charge in [-0.2, -0.15) is 13.2 Å². The number of methoxy groups -OCH3 is 1. The Morgan fingerprint density at radius 1 is 0.844 bits per heavy atom. The molecule has 6 heteroatoms. The molecule has 0 aliphatic carbocycles. The summed E-state index contributed by atoms with van der Waals surface area (Å²) in [5.74, 6) is 0.850. The summed E-state index contributed by atoms with van der Waals surface area (Å²) in [4.78, 5) is 0. The van der Waals surface area contributed by atoms with Gasteiger partial charge in [-0.3, -0.25) is 0 Å². The number of hydrogen-bond donors (Lipinski definition) is 2. The lowest BCUT2D eigenvalue weighted by Crippen LogP contribution is -2.36. The quantitative estimate of drug-likeness (QED) is 0.467. The highest BCUT2D eigenvalue weighted by Crippen LogP contribution is 2.39. The Morgan fingerprint density at radius 3 is 2.12 bits per heavy atom. The van der Waals surface area contributed by atoms with Crippen molar-refractivity contribution in [1.82, 2.24) is 0 Å². The van der Waals surface area contributed by atoms with Crippen LogP contribution in [0.5, 0.6) is 5.75 Å². The molecule has 0 heterocycles. The molecular formula is C26H29F3N2O. The number of nitrogens with two attached hydrogens (primary N) is 2. The zero-order valence-electron chi connectivity index (χ0n) is 18.5. The summed E-state index contributed by atoms with van der Waals surface area (Å²) in [6.07, 6.45) is -4.27. The van der Waals surface area contributed by atoms with Crippen LogP contribution in [0, 0.1) is 0 Å². The molecule has 0 fully saturated rings. The van der Waals surface area contributed by atoms with Crippen molar-refractivity contribution in [2.75, 3.05) is 7.11 Å². The van der Waals surface area contributed by atoms with E-state index < -0.39 is 23.8 Å². The van der Waals surface area contributed by atoms with E-state index in [-0.39, 0.29) is 12.3 Å². The van der Waals surface area contributed by atoms with E-state index in [0.29, 0.717) is 16.9 Å². The Balaban J connectivity index is 2.09. The molecule has 2 atom stereocenters. The maximum Gasteiger partial charge on any atom is 0.416 e. The molecule has 0 radical (unpaired) electrons. The van der Waals surface area contributed by atoms with Gasteiger partial charge in [-0.15, -0.1) is 0 Å². The van der Waals surface area contributed by atoms with E-state index in [1.807, 2.05) is 48.5 Å². The fourth-order valence-corrected chi connectivity index (χ4v) is 3.80. The molecule has 0 spiro atoms. The summed E-state index contributed by atoms with van der Waals surface area (Å²) in [5, 5.41) is 0. The van der Waals surface area contributed by atoms with Gasteiger partial charge in [-0.25, -0.2) is 0 Å². The van der Waals surface area contributed by atoms with Gasteiger partial charge in [0.2, 0.25) is 0 Å². The predicted molar refractivity (Wildman–Crippen MR) is 123 cm³/mol. The van der Waals surface area contributed by atoms with E-state index in [2.05, 4.69) is 13.8 Å². The number of alkyl halides is 3. The fraction of sp³-hybridized carbons (Fsp3) is 0.308. The van der Waals surface area contributed by atoms with Crippen LogP contribution in [-0.4, -0.2) is 13.2 Å². The van der Waals surface area contributed by atoms with Crippen LogP contribution in [0.1, 0.15) is 48.1 Å². The van der Waals surface area contributed by atoms with E-state index in [0.717, 1.165) is 22.8 Å². The van der Waals surface area contributed by atoms with Crippen molar-refractivity contribution in [3.8, 4) is 16.9 Å². The summed E-state index contributed by atoms with van der Waals surface area (Å²) >= 11 is 0. The number of ether oxygens (including phenoxy) is 1. The van der Waals surface area contributed by atoms with Crippen LogP contribution in [0.15, 0.2) is 66.7 Å². The van der Waals surface area contributed by atoms with Crippen molar-refractivity contribution >= 4 is 0 Å². The van der Waals surface area contributed by atoms with Crippen LogP contribution >= 0.6 is 0 Å². The van der Waals surface area contributed by atoms with Gasteiger partial charge >= 0.3 is 6.18 Å². The van der Waals surface area contributed by atoms with Gasteiger partial charge in [0, 0.05) is 17.6 Å². The van der Waals surface area contributed by atoms with Gasteiger partial charge in [0.05, 0.1) is 12.7 Å². The molecule has 0 aliphatic rings. The third-order valence-corrected chi connectivity index (χ3v) is 5.71. The van der Waals surface area contributed by atoms with Gasteiger partial charge < -0.3 is 16.2 Å². The van der Waals surface area contributed by atoms with Crippen molar-refractivity contribution in [3.05, 3.63) is 89.0 Å². The molecule has 0 aliphatic heterocycles.